The summed E-state index contributed by atoms with van der Waals surface area (Å²) in [5, 5.41) is 191. The minimum absolute atomic E-state index is 0.840. The molecule has 37 heteroatoms. The van der Waals surface area contributed by atoms with Gasteiger partial charge in [-0.25, -0.2) is 13.8 Å². The number of hydrogen-bond donors (Lipinski definition) is 20. The molecule has 0 aromatic rings. The number of amides is 1. The second kappa shape index (κ2) is 25.9. The van der Waals surface area contributed by atoms with Crippen molar-refractivity contribution < 1.29 is 171 Å². The maximum atomic E-state index is 12.8. The molecule has 0 spiro atoms. The molecule has 5 heterocycles. The van der Waals surface area contributed by atoms with Crippen molar-refractivity contribution in [1.29, 1.82) is 0 Å². The summed E-state index contributed by atoms with van der Waals surface area (Å²) < 4.78 is 91.2. The quantitative estimate of drug-likeness (QED) is 0.0448. The van der Waals surface area contributed by atoms with E-state index in [9.17, 15) is 119 Å². The molecule has 0 bridgehead atoms. The molecule has 74 heavy (non-hydrogen) atoms. The molecule has 0 radical (unpaired) electrons. The number of hydrogen-bond acceptors (Lipinski definition) is 32. The first-order chi connectivity index (χ1) is 34.6. The average Bonchev–Trinajstić information content (AvgIpc) is 3.34. The summed E-state index contributed by atoms with van der Waals surface area (Å²) in [4.78, 5) is 37.1. The number of aliphatic hydroxyl groups is 16. The zero-order valence-electron chi connectivity index (χ0n) is 38.0. The molecular formula is C37H59NO35S. The van der Waals surface area contributed by atoms with Crippen LogP contribution in [0.4, 0.5) is 0 Å². The van der Waals surface area contributed by atoms with Crippen molar-refractivity contribution in [3.05, 3.63) is 11.5 Å². The van der Waals surface area contributed by atoms with Gasteiger partial charge >= 0.3 is 22.3 Å². The Morgan fingerprint density at radius 2 is 1.08 bits per heavy atom. The minimum Gasteiger partial charge on any atom is -0.506 e. The van der Waals surface area contributed by atoms with Gasteiger partial charge in [-0.15, -0.1) is 0 Å². The molecule has 4 saturated heterocycles. The van der Waals surface area contributed by atoms with E-state index in [0.717, 1.165) is 6.92 Å². The summed E-state index contributed by atoms with van der Waals surface area (Å²) in [5.74, 6) is -7.93. The van der Waals surface area contributed by atoms with E-state index in [2.05, 4.69) is 9.50 Å². The van der Waals surface area contributed by atoms with Gasteiger partial charge in [0.2, 0.25) is 18.0 Å². The molecule has 5 aliphatic rings. The lowest BCUT2D eigenvalue weighted by Gasteiger charge is -2.49. The maximum absolute atomic E-state index is 12.8. The first-order valence-corrected chi connectivity index (χ1v) is 23.2. The lowest BCUT2D eigenvalue weighted by atomic mass is 9.94. The van der Waals surface area contributed by atoms with E-state index >= 15 is 0 Å². The molecule has 1 unspecified atom stereocenters. The van der Waals surface area contributed by atoms with Crippen LogP contribution in [0, 0.1) is 0 Å². The van der Waals surface area contributed by atoms with Gasteiger partial charge in [-0.1, -0.05) is 0 Å². The molecule has 0 aromatic heterocycles. The zero-order chi connectivity index (χ0) is 55.4. The monoisotopic (exact) mass is 1110 g/mol. The average molecular weight is 1110 g/mol. The highest BCUT2D eigenvalue weighted by Crippen LogP contribution is 2.37. The SMILES string of the molecule is CC(=O)N[C@H]1[C@H](O[C@H]2[C@H](O)[C@@H](O)[C@H](O[C@H]3[C@@H](O)[C@@H](CO)O[C@@H](O[C@H]4[C@@H](O)[C@@H](CO)O[C@@H](OC([C@H](O)CO)[C@@H](O)CO)[C@@H]4O)[C@@H]3O)O[C@@H]2C(=O)O)O[C@H](COS(=O)(=O)O)[C@H](O)[C@@H]1O[C@@H]1OC(C(=O)O)=C(O)[C@H](O)[C@H]1O. The topological polar surface area (TPSA) is 583 Å². The normalized spacial score (nSPS) is 42.4. The number of nitrogens with one attached hydrogen (secondary N) is 1. The summed E-state index contributed by atoms with van der Waals surface area (Å²) >= 11 is 0. The second-order valence-electron chi connectivity index (χ2n) is 17.1. The molecule has 20 N–H and O–H groups in total. The number of ether oxygens (including phenoxy) is 10. The van der Waals surface area contributed by atoms with E-state index in [1.165, 1.54) is 0 Å². The minimum atomic E-state index is -5.37. The number of carbonyl (C=O) groups is 3. The lowest BCUT2D eigenvalue weighted by molar-refractivity contribution is -0.388. The fourth-order valence-electron chi connectivity index (χ4n) is 8.21. The van der Waals surface area contributed by atoms with Gasteiger partial charge in [0, 0.05) is 6.92 Å². The van der Waals surface area contributed by atoms with Crippen LogP contribution in [0.2, 0.25) is 0 Å². The molecular weight excluding hydrogens is 1050 g/mol. The van der Waals surface area contributed by atoms with Gasteiger partial charge < -0.3 is 145 Å². The number of carboxylic acids is 2. The number of carbonyl (C=O) groups excluding carboxylic acids is 1. The highest BCUT2D eigenvalue weighted by Gasteiger charge is 2.58. The molecule has 0 saturated carbocycles. The molecule has 1 amide bonds. The predicted octanol–water partition coefficient (Wildman–Crippen LogP) is -12.6. The lowest BCUT2D eigenvalue weighted by Crippen LogP contribution is -2.70. The first-order valence-electron chi connectivity index (χ1n) is 21.9. The van der Waals surface area contributed by atoms with Crippen LogP contribution in [0.15, 0.2) is 11.5 Å². The maximum Gasteiger partial charge on any atom is 0.397 e. The Hall–Kier alpha value is -3.34. The third kappa shape index (κ3) is 13.8. The molecule has 0 aromatic carbocycles. The van der Waals surface area contributed by atoms with E-state index in [4.69, 9.17) is 47.4 Å². The van der Waals surface area contributed by atoms with Crippen molar-refractivity contribution in [2.75, 3.05) is 33.0 Å². The van der Waals surface area contributed by atoms with E-state index < -0.39 is 232 Å². The predicted molar refractivity (Wildman–Crippen MR) is 218 cm³/mol. The van der Waals surface area contributed by atoms with E-state index in [0.29, 0.717) is 0 Å². The van der Waals surface area contributed by atoms with Crippen molar-refractivity contribution >= 4 is 28.2 Å². The molecule has 36 nitrogen and oxygen atoms in total. The van der Waals surface area contributed by atoms with Crippen molar-refractivity contribution in [2.45, 2.75) is 166 Å². The summed E-state index contributed by atoms with van der Waals surface area (Å²) in [6.07, 6.45) is -55.8. The molecule has 4 fully saturated rings. The van der Waals surface area contributed by atoms with E-state index in [-0.39, 0.29) is 0 Å². The van der Waals surface area contributed by atoms with Gasteiger partial charge in [0.1, 0.15) is 122 Å². The molecule has 5 rings (SSSR count). The summed E-state index contributed by atoms with van der Waals surface area (Å²) in [6, 6.07) is -2.08. The summed E-state index contributed by atoms with van der Waals surface area (Å²) in [7, 11) is -5.37. The smallest absolute Gasteiger partial charge is 0.397 e. The van der Waals surface area contributed by atoms with Crippen molar-refractivity contribution in [3.63, 3.8) is 0 Å². The van der Waals surface area contributed by atoms with Crippen LogP contribution in [-0.4, -0.2) is 315 Å². The summed E-state index contributed by atoms with van der Waals surface area (Å²) in [5.41, 5.74) is 0. The molecule has 5 aliphatic heterocycles. The Kier molecular flexibility index (Phi) is 21.5. The van der Waals surface area contributed by atoms with Gasteiger partial charge in [-0.3, -0.25) is 9.35 Å². The number of aliphatic hydroxyl groups excluding tert-OH is 16. The van der Waals surface area contributed by atoms with Crippen LogP contribution in [0.3, 0.4) is 0 Å². The summed E-state index contributed by atoms with van der Waals surface area (Å²) in [6.45, 7) is -4.84. The zero-order valence-corrected chi connectivity index (χ0v) is 38.8. The van der Waals surface area contributed by atoms with Crippen molar-refractivity contribution in [1.82, 2.24) is 5.32 Å². The van der Waals surface area contributed by atoms with Gasteiger partial charge in [0.05, 0.1) is 33.0 Å². The number of rotatable bonds is 22. The van der Waals surface area contributed by atoms with Crippen LogP contribution in [-0.2, 0) is 76.3 Å². The second-order valence-corrected chi connectivity index (χ2v) is 18.2. The van der Waals surface area contributed by atoms with Crippen molar-refractivity contribution in [3.8, 4) is 0 Å². The third-order valence-corrected chi connectivity index (χ3v) is 12.4. The largest absolute Gasteiger partial charge is 0.506 e. The van der Waals surface area contributed by atoms with Gasteiger partial charge in [-0.05, 0) is 0 Å². The molecule has 26 atom stereocenters. The Morgan fingerprint density at radius 3 is 1.57 bits per heavy atom. The molecule has 428 valence electrons. The standard InChI is InChI=1S/C37H59NO35S/c1-7(43)38-13-25(68-34-20(52)17(49)18(50)29(72-34)31(56)57)16(48)12(6-63-74(60,61)62)66-33(13)71-28-19(51)21(53)35(73-30(28)32(58)59)69-26-14(46)11(5-42)65-37(23(26)55)70-27-15(47)10(4-41)64-36(22(27)54)67-24(8(44)2-39)9(45)3-40/h8-17,19-28,30,33-37,39-42,44-55H,2-6H2,1H3,(H,38,43)(H,56,57)(H,58,59)(H,60,61,62)/t8-,9+,10-,11-,12-,13-,14+,15+,16+,17+,19-,20-,21-,22-,23-,24?,25-,26+,27+,28+,30+,33+,34-,35-,36+,37+/m1/s1. The first kappa shape index (κ1) is 61.5. The fourth-order valence-corrected chi connectivity index (χ4v) is 8.51. The van der Waals surface area contributed by atoms with Crippen LogP contribution in [0.5, 0.6) is 0 Å². The Balaban J connectivity index is 1.41. The van der Waals surface area contributed by atoms with E-state index in [1.54, 1.807) is 0 Å². The highest BCUT2D eigenvalue weighted by atomic mass is 32.3. The highest BCUT2D eigenvalue weighted by molar-refractivity contribution is 7.80. The van der Waals surface area contributed by atoms with Crippen LogP contribution >= 0.6 is 0 Å². The van der Waals surface area contributed by atoms with Gasteiger partial charge in [0.15, 0.2) is 37.0 Å². The van der Waals surface area contributed by atoms with E-state index in [1.807, 2.05) is 0 Å². The van der Waals surface area contributed by atoms with Crippen LogP contribution in [0.1, 0.15) is 6.92 Å². The number of carboxylic acid groups (broad SMARTS) is 2. The Morgan fingerprint density at radius 1 is 0.608 bits per heavy atom. The third-order valence-electron chi connectivity index (χ3n) is 12.0. The van der Waals surface area contributed by atoms with Crippen LogP contribution in [0.25, 0.3) is 0 Å². The molecule has 0 aliphatic carbocycles. The van der Waals surface area contributed by atoms with Crippen molar-refractivity contribution in [2.24, 2.45) is 0 Å². The van der Waals surface area contributed by atoms with Gasteiger partial charge in [-0.2, -0.15) is 8.42 Å². The number of aliphatic carboxylic acids is 2. The van der Waals surface area contributed by atoms with Crippen LogP contribution < -0.4 is 5.32 Å². The van der Waals surface area contributed by atoms with Gasteiger partial charge in [0.25, 0.3) is 0 Å². The Bertz CT molecular complexity index is 2010. The fraction of sp³-hybridized carbons (Fsp3) is 0.865. The Labute approximate surface area is 415 Å².